The summed E-state index contributed by atoms with van der Waals surface area (Å²) in [5, 5.41) is 7.72. The average Bonchev–Trinajstić information content (AvgIpc) is 3.30. The van der Waals surface area contributed by atoms with Gasteiger partial charge in [-0.05, 0) is 32.8 Å². The molecule has 0 amide bonds. The fourth-order valence-corrected chi connectivity index (χ4v) is 3.83. The minimum absolute atomic E-state index is 0.118. The first kappa shape index (κ1) is 18.2. The quantitative estimate of drug-likeness (QED) is 0.603. The van der Waals surface area contributed by atoms with Crippen LogP contribution in [-0.2, 0) is 11.3 Å². The van der Waals surface area contributed by atoms with Crippen molar-refractivity contribution in [2.24, 2.45) is 0 Å². The maximum atomic E-state index is 12.7. The number of H-pyrrole nitrogens is 1. The van der Waals surface area contributed by atoms with E-state index in [9.17, 15) is 4.79 Å². The molecule has 1 aliphatic heterocycles. The minimum atomic E-state index is 0.118. The van der Waals surface area contributed by atoms with E-state index in [1.54, 1.807) is 0 Å². The Kier molecular flexibility index (Phi) is 5.64. The van der Waals surface area contributed by atoms with Crippen LogP contribution in [0, 0.1) is 13.8 Å². The van der Waals surface area contributed by atoms with Crippen LogP contribution in [-0.4, -0.2) is 44.0 Å². The Labute approximate surface area is 152 Å². The van der Waals surface area contributed by atoms with Gasteiger partial charge >= 0.3 is 0 Å². The van der Waals surface area contributed by atoms with E-state index < -0.39 is 0 Å². The largest absolute Gasteiger partial charge is 0.376 e. The topological polar surface area (TPSA) is 72.8 Å². The first-order chi connectivity index (χ1) is 12.0. The van der Waals surface area contributed by atoms with Gasteiger partial charge in [-0.2, -0.15) is 0 Å². The van der Waals surface area contributed by atoms with Gasteiger partial charge in [-0.3, -0.25) is 9.89 Å². The summed E-state index contributed by atoms with van der Waals surface area (Å²) in [7, 11) is 0. The predicted molar refractivity (Wildman–Crippen MR) is 98.4 cm³/mol. The molecule has 3 rings (SSSR count). The van der Waals surface area contributed by atoms with Crippen molar-refractivity contribution < 1.29 is 9.53 Å². The highest BCUT2D eigenvalue weighted by Crippen LogP contribution is 2.23. The van der Waals surface area contributed by atoms with Crippen LogP contribution in [0.4, 0.5) is 0 Å². The lowest BCUT2D eigenvalue weighted by Gasteiger charge is -2.14. The standard InChI is InChI=1S/C18H26N4O2S/c1-11(2)17-19-18(21-20-17)25-10-16(23)15-8-12(3)22(13(15)4)9-14-6-5-7-24-14/h8,11,14H,5-7,9-10H2,1-4H3,(H,19,20,21)/t14-/m0/s1. The van der Waals surface area contributed by atoms with E-state index in [1.165, 1.54) is 11.8 Å². The number of thioether (sulfide) groups is 1. The van der Waals surface area contributed by atoms with Gasteiger partial charge < -0.3 is 9.30 Å². The lowest BCUT2D eigenvalue weighted by atomic mass is 10.2. The number of ether oxygens (including phenoxy) is 1. The molecule has 1 N–H and O–H groups in total. The van der Waals surface area contributed by atoms with E-state index in [1.807, 2.05) is 13.0 Å². The summed E-state index contributed by atoms with van der Waals surface area (Å²) in [4.78, 5) is 17.1. The Bertz CT molecular complexity index is 744. The third-order valence-corrected chi connectivity index (χ3v) is 5.49. The van der Waals surface area contributed by atoms with Gasteiger partial charge in [0.05, 0.1) is 11.9 Å². The molecule has 2 aromatic rings. The van der Waals surface area contributed by atoms with Crippen LogP contribution in [0.15, 0.2) is 11.2 Å². The molecule has 1 atom stereocenters. The SMILES string of the molecule is Cc1cc(C(=O)CSc2n[nH]c(C(C)C)n2)c(C)n1C[C@@H]1CCCO1. The monoisotopic (exact) mass is 362 g/mol. The first-order valence-electron chi connectivity index (χ1n) is 8.82. The molecule has 0 spiro atoms. The van der Waals surface area contributed by atoms with Gasteiger partial charge in [0, 0.05) is 36.0 Å². The Morgan fingerprint density at radius 3 is 2.92 bits per heavy atom. The van der Waals surface area contributed by atoms with Crippen molar-refractivity contribution in [1.29, 1.82) is 0 Å². The lowest BCUT2D eigenvalue weighted by Crippen LogP contribution is -2.17. The molecule has 7 heteroatoms. The molecule has 1 aliphatic rings. The van der Waals surface area contributed by atoms with E-state index in [0.717, 1.165) is 48.8 Å². The average molecular weight is 362 g/mol. The summed E-state index contributed by atoms with van der Waals surface area (Å²) in [5.41, 5.74) is 2.93. The van der Waals surface area contributed by atoms with Crippen molar-refractivity contribution in [3.63, 3.8) is 0 Å². The predicted octanol–water partition coefficient (Wildman–Crippen LogP) is 3.50. The van der Waals surface area contributed by atoms with Crippen LogP contribution in [0.2, 0.25) is 0 Å². The van der Waals surface area contributed by atoms with Crippen LogP contribution in [0.25, 0.3) is 0 Å². The Morgan fingerprint density at radius 2 is 2.28 bits per heavy atom. The first-order valence-corrected chi connectivity index (χ1v) is 9.81. The molecule has 25 heavy (non-hydrogen) atoms. The zero-order valence-corrected chi connectivity index (χ0v) is 16.2. The normalized spacial score (nSPS) is 17.6. The van der Waals surface area contributed by atoms with Gasteiger partial charge in [0.1, 0.15) is 5.82 Å². The van der Waals surface area contributed by atoms with Crippen molar-refractivity contribution in [3.05, 3.63) is 28.8 Å². The number of carbonyl (C=O) groups is 1. The van der Waals surface area contributed by atoms with Gasteiger partial charge in [0.25, 0.3) is 0 Å². The molecule has 3 heterocycles. The highest BCUT2D eigenvalue weighted by molar-refractivity contribution is 7.99. The van der Waals surface area contributed by atoms with Crippen LogP contribution in [0.1, 0.15) is 60.2 Å². The molecule has 0 saturated carbocycles. The molecule has 0 radical (unpaired) electrons. The number of nitrogens with one attached hydrogen (secondary N) is 1. The number of carbonyl (C=O) groups excluding carboxylic acids is 1. The molecule has 1 saturated heterocycles. The van der Waals surface area contributed by atoms with Crippen molar-refractivity contribution in [3.8, 4) is 0 Å². The van der Waals surface area contributed by atoms with E-state index in [2.05, 4.69) is 40.5 Å². The van der Waals surface area contributed by atoms with Crippen molar-refractivity contribution in [1.82, 2.24) is 19.7 Å². The van der Waals surface area contributed by atoms with E-state index in [0.29, 0.717) is 16.8 Å². The second kappa shape index (κ2) is 7.74. The summed E-state index contributed by atoms with van der Waals surface area (Å²) in [6, 6.07) is 1.99. The zero-order chi connectivity index (χ0) is 18.0. The van der Waals surface area contributed by atoms with Gasteiger partial charge in [0.15, 0.2) is 5.78 Å². The number of hydrogen-bond acceptors (Lipinski definition) is 5. The maximum Gasteiger partial charge on any atom is 0.208 e. The second-order valence-corrected chi connectivity index (χ2v) is 7.84. The molecular formula is C18H26N4O2S. The lowest BCUT2D eigenvalue weighted by molar-refractivity contribution is 0.0957. The molecule has 0 unspecified atom stereocenters. The number of aromatic nitrogens is 4. The van der Waals surface area contributed by atoms with Gasteiger partial charge in [-0.25, -0.2) is 4.98 Å². The highest BCUT2D eigenvalue weighted by Gasteiger charge is 2.21. The fourth-order valence-electron chi connectivity index (χ4n) is 3.15. The zero-order valence-electron chi connectivity index (χ0n) is 15.3. The number of aryl methyl sites for hydroxylation is 1. The van der Waals surface area contributed by atoms with Crippen molar-refractivity contribution in [2.75, 3.05) is 12.4 Å². The molecule has 136 valence electrons. The Morgan fingerprint density at radius 1 is 1.48 bits per heavy atom. The van der Waals surface area contributed by atoms with Gasteiger partial charge in [-0.1, -0.05) is 25.6 Å². The molecule has 2 aromatic heterocycles. The molecule has 0 aliphatic carbocycles. The number of rotatable bonds is 7. The second-order valence-electron chi connectivity index (χ2n) is 6.90. The van der Waals surface area contributed by atoms with E-state index in [-0.39, 0.29) is 11.9 Å². The van der Waals surface area contributed by atoms with E-state index >= 15 is 0 Å². The summed E-state index contributed by atoms with van der Waals surface area (Å²) in [6.45, 7) is 9.86. The maximum absolute atomic E-state index is 12.7. The highest BCUT2D eigenvalue weighted by atomic mass is 32.2. The van der Waals surface area contributed by atoms with Crippen LogP contribution < -0.4 is 0 Å². The number of hydrogen-bond donors (Lipinski definition) is 1. The molecular weight excluding hydrogens is 336 g/mol. The summed E-state index contributed by atoms with van der Waals surface area (Å²) < 4.78 is 7.94. The van der Waals surface area contributed by atoms with Crippen molar-refractivity contribution >= 4 is 17.5 Å². The van der Waals surface area contributed by atoms with Gasteiger partial charge in [-0.15, -0.1) is 5.10 Å². The summed E-state index contributed by atoms with van der Waals surface area (Å²) in [5.74, 6) is 1.62. The van der Waals surface area contributed by atoms with Crippen LogP contribution in [0.5, 0.6) is 0 Å². The Balaban J connectivity index is 1.65. The Hall–Kier alpha value is -1.60. The van der Waals surface area contributed by atoms with Gasteiger partial charge in [0.2, 0.25) is 5.16 Å². The number of ketones is 1. The van der Waals surface area contributed by atoms with Crippen molar-refractivity contribution in [2.45, 2.75) is 64.3 Å². The van der Waals surface area contributed by atoms with Crippen LogP contribution in [0.3, 0.4) is 0 Å². The summed E-state index contributed by atoms with van der Waals surface area (Å²) >= 11 is 1.38. The number of Topliss-reactive ketones (excluding diaryl/α,β-unsaturated/α-hetero) is 1. The fraction of sp³-hybridized carbons (Fsp3) is 0.611. The minimum Gasteiger partial charge on any atom is -0.376 e. The molecule has 6 nitrogen and oxygen atoms in total. The van der Waals surface area contributed by atoms with Crippen LogP contribution >= 0.6 is 11.8 Å². The number of aromatic amines is 1. The molecule has 0 aromatic carbocycles. The molecule has 1 fully saturated rings. The number of nitrogens with zero attached hydrogens (tertiary/aromatic N) is 3. The molecule has 0 bridgehead atoms. The third-order valence-electron chi connectivity index (χ3n) is 4.65. The third kappa shape index (κ3) is 4.15. The smallest absolute Gasteiger partial charge is 0.208 e. The van der Waals surface area contributed by atoms with E-state index in [4.69, 9.17) is 4.74 Å². The summed E-state index contributed by atoms with van der Waals surface area (Å²) in [6.07, 6.45) is 2.49.